The number of nitrogen functional groups attached to an aromatic ring is 1. The van der Waals surface area contributed by atoms with Gasteiger partial charge in [0.1, 0.15) is 0 Å². The first-order chi connectivity index (χ1) is 9.77. The highest BCUT2D eigenvalue weighted by atomic mass is 16.4. The lowest BCUT2D eigenvalue weighted by atomic mass is 9.83. The number of nitrogens with two attached hydrogens (primary N) is 1. The van der Waals surface area contributed by atoms with Crippen molar-refractivity contribution >= 4 is 17.6 Å². The van der Waals surface area contributed by atoms with Crippen LogP contribution in [0.5, 0.6) is 0 Å². The number of anilines is 1. The molecule has 0 saturated heterocycles. The highest BCUT2D eigenvalue weighted by molar-refractivity contribution is 5.88. The molecule has 0 bridgehead atoms. The van der Waals surface area contributed by atoms with E-state index in [1.165, 1.54) is 0 Å². The van der Waals surface area contributed by atoms with Crippen molar-refractivity contribution in [1.29, 1.82) is 0 Å². The van der Waals surface area contributed by atoms with Gasteiger partial charge in [-0.2, -0.15) is 0 Å². The normalized spacial score (nSPS) is 12.7. The van der Waals surface area contributed by atoms with E-state index in [9.17, 15) is 9.59 Å². The third kappa shape index (κ3) is 4.77. The maximum atomic E-state index is 12.5. The average Bonchev–Trinajstić information content (AvgIpc) is 2.38. The van der Waals surface area contributed by atoms with E-state index in [4.69, 9.17) is 10.8 Å². The van der Waals surface area contributed by atoms with Crippen LogP contribution in [0.4, 0.5) is 5.69 Å². The minimum absolute atomic E-state index is 0.0581. The second-order valence-electron chi connectivity index (χ2n) is 5.80. The Hall–Kier alpha value is -2.04. The number of rotatable bonds is 7. The van der Waals surface area contributed by atoms with E-state index in [1.54, 1.807) is 12.1 Å². The summed E-state index contributed by atoms with van der Waals surface area (Å²) in [4.78, 5) is 23.3. The van der Waals surface area contributed by atoms with Gasteiger partial charge in [-0.15, -0.1) is 0 Å². The van der Waals surface area contributed by atoms with Crippen LogP contribution in [0.1, 0.15) is 45.6 Å². The SMILES string of the molecule is CCCC(CC(=O)O)NC(=O)C(C)(C)c1ccc(N)cc1. The zero-order valence-corrected chi connectivity index (χ0v) is 12.8. The van der Waals surface area contributed by atoms with Gasteiger partial charge in [0.25, 0.3) is 0 Å². The highest BCUT2D eigenvalue weighted by Gasteiger charge is 2.31. The number of hydrogen-bond acceptors (Lipinski definition) is 3. The Balaban J connectivity index is 2.83. The molecule has 21 heavy (non-hydrogen) atoms. The molecule has 0 aromatic heterocycles. The third-order valence-electron chi connectivity index (χ3n) is 3.59. The molecule has 0 aliphatic carbocycles. The second kappa shape index (κ2) is 7.11. The summed E-state index contributed by atoms with van der Waals surface area (Å²) in [6.07, 6.45) is 1.41. The first kappa shape index (κ1) is 17.0. The minimum atomic E-state index is -0.904. The number of carbonyl (C=O) groups excluding carboxylic acids is 1. The van der Waals surface area contributed by atoms with Gasteiger partial charge in [-0.1, -0.05) is 25.5 Å². The number of carboxylic acids is 1. The second-order valence-corrected chi connectivity index (χ2v) is 5.80. The maximum Gasteiger partial charge on any atom is 0.305 e. The highest BCUT2D eigenvalue weighted by Crippen LogP contribution is 2.24. The molecule has 1 aromatic rings. The molecule has 5 heteroatoms. The monoisotopic (exact) mass is 292 g/mol. The summed E-state index contributed by atoms with van der Waals surface area (Å²) < 4.78 is 0. The molecule has 1 aromatic carbocycles. The van der Waals surface area contributed by atoms with Crippen molar-refractivity contribution in [2.24, 2.45) is 0 Å². The van der Waals surface area contributed by atoms with Crippen molar-refractivity contribution in [3.8, 4) is 0 Å². The van der Waals surface area contributed by atoms with Gasteiger partial charge < -0.3 is 16.2 Å². The van der Waals surface area contributed by atoms with Crippen LogP contribution >= 0.6 is 0 Å². The Labute approximate surface area is 125 Å². The Morgan fingerprint density at radius 2 is 1.86 bits per heavy atom. The van der Waals surface area contributed by atoms with E-state index in [0.29, 0.717) is 12.1 Å². The molecular weight excluding hydrogens is 268 g/mol. The number of carbonyl (C=O) groups is 2. The molecular formula is C16H24N2O3. The molecule has 1 atom stereocenters. The molecule has 1 rings (SSSR count). The van der Waals surface area contributed by atoms with Gasteiger partial charge in [-0.3, -0.25) is 9.59 Å². The summed E-state index contributed by atoms with van der Waals surface area (Å²) in [5.41, 5.74) is 6.41. The molecule has 4 N–H and O–H groups in total. The van der Waals surface area contributed by atoms with E-state index in [0.717, 1.165) is 12.0 Å². The van der Waals surface area contributed by atoms with Crippen LogP contribution in [-0.2, 0) is 15.0 Å². The van der Waals surface area contributed by atoms with E-state index >= 15 is 0 Å². The van der Waals surface area contributed by atoms with Gasteiger partial charge >= 0.3 is 5.97 Å². The van der Waals surface area contributed by atoms with E-state index < -0.39 is 11.4 Å². The van der Waals surface area contributed by atoms with Gasteiger partial charge in [0, 0.05) is 11.7 Å². The van der Waals surface area contributed by atoms with Gasteiger partial charge in [0.2, 0.25) is 5.91 Å². The topological polar surface area (TPSA) is 92.4 Å². The molecule has 0 heterocycles. The number of nitrogens with one attached hydrogen (secondary N) is 1. The summed E-state index contributed by atoms with van der Waals surface area (Å²) >= 11 is 0. The largest absolute Gasteiger partial charge is 0.481 e. The van der Waals surface area contributed by atoms with Crippen molar-refractivity contribution in [2.45, 2.75) is 51.5 Å². The molecule has 0 aliphatic heterocycles. The molecule has 0 radical (unpaired) electrons. The van der Waals surface area contributed by atoms with Crippen molar-refractivity contribution in [3.63, 3.8) is 0 Å². The summed E-state index contributed by atoms with van der Waals surface area (Å²) in [5.74, 6) is -1.08. The van der Waals surface area contributed by atoms with Crippen LogP contribution in [0, 0.1) is 0 Å². The van der Waals surface area contributed by atoms with Crippen LogP contribution in [0.15, 0.2) is 24.3 Å². The standard InChI is InChI=1S/C16H24N2O3/c1-4-5-13(10-14(19)20)18-15(21)16(2,3)11-6-8-12(17)9-7-11/h6-9,13H,4-5,10,17H2,1-3H3,(H,18,21)(H,19,20). The molecule has 1 unspecified atom stereocenters. The number of hydrogen-bond donors (Lipinski definition) is 3. The minimum Gasteiger partial charge on any atom is -0.481 e. The lowest BCUT2D eigenvalue weighted by Gasteiger charge is -2.27. The molecule has 116 valence electrons. The summed E-state index contributed by atoms with van der Waals surface area (Å²) in [7, 11) is 0. The molecule has 1 amide bonds. The van der Waals surface area contributed by atoms with Crippen molar-refractivity contribution in [1.82, 2.24) is 5.32 Å². The first-order valence-electron chi connectivity index (χ1n) is 7.16. The van der Waals surface area contributed by atoms with E-state index in [1.807, 2.05) is 32.9 Å². The van der Waals surface area contributed by atoms with Crippen LogP contribution in [-0.4, -0.2) is 23.0 Å². The van der Waals surface area contributed by atoms with Crippen LogP contribution in [0.2, 0.25) is 0 Å². The summed E-state index contributed by atoms with van der Waals surface area (Å²) in [5, 5.41) is 11.8. The predicted molar refractivity (Wildman–Crippen MR) is 83.0 cm³/mol. The zero-order valence-electron chi connectivity index (χ0n) is 12.8. The van der Waals surface area contributed by atoms with Gasteiger partial charge in [0.15, 0.2) is 0 Å². The third-order valence-corrected chi connectivity index (χ3v) is 3.59. The Kier molecular flexibility index (Phi) is 5.76. The Bertz CT molecular complexity index is 495. The summed E-state index contributed by atoms with van der Waals surface area (Å²) in [6, 6.07) is 6.81. The lowest BCUT2D eigenvalue weighted by Crippen LogP contribution is -2.45. The maximum absolute atomic E-state index is 12.5. The van der Waals surface area contributed by atoms with E-state index in [2.05, 4.69) is 5.32 Å². The van der Waals surface area contributed by atoms with Gasteiger partial charge in [-0.05, 0) is 38.0 Å². The van der Waals surface area contributed by atoms with Crippen LogP contribution in [0.3, 0.4) is 0 Å². The lowest BCUT2D eigenvalue weighted by molar-refractivity contribution is -0.138. The number of benzene rings is 1. The quantitative estimate of drug-likeness (QED) is 0.672. The Morgan fingerprint density at radius 1 is 1.29 bits per heavy atom. The van der Waals surface area contributed by atoms with Gasteiger partial charge in [-0.25, -0.2) is 0 Å². The number of amides is 1. The molecule has 0 fully saturated rings. The number of carboxylic acid groups (broad SMARTS) is 1. The fraction of sp³-hybridized carbons (Fsp3) is 0.500. The fourth-order valence-corrected chi connectivity index (χ4v) is 2.18. The zero-order chi connectivity index (χ0) is 16.0. The van der Waals surface area contributed by atoms with Crippen molar-refractivity contribution < 1.29 is 14.7 Å². The van der Waals surface area contributed by atoms with Crippen LogP contribution in [0.25, 0.3) is 0 Å². The van der Waals surface area contributed by atoms with Crippen molar-refractivity contribution in [3.05, 3.63) is 29.8 Å². The first-order valence-corrected chi connectivity index (χ1v) is 7.16. The van der Waals surface area contributed by atoms with E-state index in [-0.39, 0.29) is 18.4 Å². The van der Waals surface area contributed by atoms with Crippen LogP contribution < -0.4 is 11.1 Å². The molecule has 0 aliphatic rings. The summed E-state index contributed by atoms with van der Waals surface area (Å²) in [6.45, 7) is 5.60. The van der Waals surface area contributed by atoms with Crippen molar-refractivity contribution in [2.75, 3.05) is 5.73 Å². The molecule has 0 saturated carbocycles. The molecule has 0 spiro atoms. The molecule has 5 nitrogen and oxygen atoms in total. The Morgan fingerprint density at radius 3 is 2.33 bits per heavy atom. The number of aliphatic carboxylic acids is 1. The predicted octanol–water partition coefficient (Wildman–Crippen LogP) is 2.31. The van der Waals surface area contributed by atoms with Gasteiger partial charge in [0.05, 0.1) is 11.8 Å². The average molecular weight is 292 g/mol. The fourth-order valence-electron chi connectivity index (χ4n) is 2.18. The smallest absolute Gasteiger partial charge is 0.305 e.